The van der Waals surface area contributed by atoms with Crippen molar-refractivity contribution in [2.75, 3.05) is 0 Å². The van der Waals surface area contributed by atoms with Crippen LogP contribution < -0.4 is 5.32 Å². The Bertz CT molecular complexity index is 1090. The first-order chi connectivity index (χ1) is 20.4. The third kappa shape index (κ3) is 7.07. The number of nitrogens with one attached hydrogen (secondary N) is 1. The molecular formula is C37H61NO6. The number of esters is 1. The Hall–Kier alpha value is -1.92. The highest BCUT2D eigenvalue weighted by Gasteiger charge is 2.61. The summed E-state index contributed by atoms with van der Waals surface area (Å²) in [6.45, 7) is 19.8. The van der Waals surface area contributed by atoms with E-state index in [2.05, 4.69) is 19.2 Å². The van der Waals surface area contributed by atoms with Gasteiger partial charge in [-0.05, 0) is 132 Å². The summed E-state index contributed by atoms with van der Waals surface area (Å²) in [6, 6.07) is -0.729. The van der Waals surface area contributed by atoms with Crippen LogP contribution in [0.25, 0.3) is 0 Å². The number of fused-ring (bicyclic) bond motifs is 5. The van der Waals surface area contributed by atoms with Crippen molar-refractivity contribution in [3.8, 4) is 0 Å². The highest BCUT2D eigenvalue weighted by atomic mass is 16.6. The van der Waals surface area contributed by atoms with Crippen LogP contribution in [0.3, 0.4) is 0 Å². The molecule has 6 unspecified atom stereocenters. The second-order valence-electron chi connectivity index (χ2n) is 17.2. The molecule has 4 aliphatic rings. The third-order valence-corrected chi connectivity index (χ3v) is 12.6. The van der Waals surface area contributed by atoms with Gasteiger partial charge in [0.25, 0.3) is 0 Å². The normalized spacial score (nSPS) is 36.5. The maximum absolute atomic E-state index is 13.6. The number of ketones is 2. The molecule has 0 aromatic rings. The van der Waals surface area contributed by atoms with Gasteiger partial charge in [-0.1, -0.05) is 41.5 Å². The Labute approximate surface area is 266 Å². The first kappa shape index (κ1) is 34.9. The molecule has 0 aliphatic heterocycles. The smallest absolute Gasteiger partial charge is 0.408 e. The van der Waals surface area contributed by atoms with Crippen LogP contribution in [0.4, 0.5) is 4.79 Å². The molecule has 44 heavy (non-hydrogen) atoms. The molecule has 0 bridgehead atoms. The Morgan fingerprint density at radius 1 is 0.841 bits per heavy atom. The van der Waals surface area contributed by atoms with Gasteiger partial charge in [-0.25, -0.2) is 4.79 Å². The summed E-state index contributed by atoms with van der Waals surface area (Å²) in [5.74, 6) is 2.00. The van der Waals surface area contributed by atoms with E-state index in [0.29, 0.717) is 29.5 Å². The molecule has 1 N–H and O–H groups in total. The van der Waals surface area contributed by atoms with Crippen molar-refractivity contribution in [2.24, 2.45) is 58.2 Å². The van der Waals surface area contributed by atoms with Gasteiger partial charge in [-0.2, -0.15) is 0 Å². The zero-order chi connectivity index (χ0) is 32.8. The van der Waals surface area contributed by atoms with Crippen LogP contribution in [0.1, 0.15) is 133 Å². The van der Waals surface area contributed by atoms with Crippen molar-refractivity contribution in [1.29, 1.82) is 0 Å². The van der Waals surface area contributed by atoms with E-state index in [-0.39, 0.29) is 52.9 Å². The van der Waals surface area contributed by atoms with Crippen molar-refractivity contribution >= 4 is 23.6 Å². The van der Waals surface area contributed by atoms with Crippen LogP contribution in [-0.4, -0.2) is 41.4 Å². The molecule has 250 valence electrons. The van der Waals surface area contributed by atoms with Gasteiger partial charge < -0.3 is 14.8 Å². The van der Waals surface area contributed by atoms with Crippen LogP contribution in [0.15, 0.2) is 0 Å². The Morgan fingerprint density at radius 3 is 2.07 bits per heavy atom. The fourth-order valence-electron chi connectivity index (χ4n) is 10.2. The lowest BCUT2D eigenvalue weighted by Crippen LogP contribution is -2.54. The second kappa shape index (κ2) is 13.1. The van der Waals surface area contributed by atoms with Gasteiger partial charge in [-0.15, -0.1) is 0 Å². The molecule has 7 heteroatoms. The van der Waals surface area contributed by atoms with Gasteiger partial charge in [0.2, 0.25) is 0 Å². The molecular weight excluding hydrogens is 554 g/mol. The number of hydrogen-bond acceptors (Lipinski definition) is 6. The van der Waals surface area contributed by atoms with Gasteiger partial charge in [0.1, 0.15) is 17.5 Å². The minimum atomic E-state index is -0.729. The predicted octanol–water partition coefficient (Wildman–Crippen LogP) is 7.93. The number of Topliss-reactive ketones (excluding diaryl/α,β-unsaturated/α-hetero) is 2. The van der Waals surface area contributed by atoms with E-state index in [0.717, 1.165) is 32.1 Å². The maximum Gasteiger partial charge on any atom is 0.408 e. The lowest BCUT2D eigenvalue weighted by atomic mass is 9.44. The summed E-state index contributed by atoms with van der Waals surface area (Å²) < 4.78 is 11.6. The molecule has 0 saturated heterocycles. The van der Waals surface area contributed by atoms with Crippen LogP contribution in [-0.2, 0) is 23.9 Å². The van der Waals surface area contributed by atoms with Gasteiger partial charge in [-0.3, -0.25) is 14.4 Å². The number of carbonyl (C=O) groups is 4. The maximum atomic E-state index is 13.6. The molecule has 0 aromatic carbocycles. The zero-order valence-electron chi connectivity index (χ0n) is 29.3. The lowest BCUT2D eigenvalue weighted by Gasteiger charge is -2.61. The van der Waals surface area contributed by atoms with Gasteiger partial charge in [0, 0.05) is 12.3 Å². The molecule has 1 amide bonds. The SMILES string of the molecule is CC(=O)[C@H]1CCC2[C@@H]3CCC4CC(OC(=O)C(CC(=O)C(NC(=O)OC(C)(C)C)C(C)C)C(C)C)CC[C@]4(C)C3CC[C@@]21C. The fourth-order valence-corrected chi connectivity index (χ4v) is 10.2. The topological polar surface area (TPSA) is 98.8 Å². The highest BCUT2D eigenvalue weighted by Crippen LogP contribution is 2.67. The van der Waals surface area contributed by atoms with Crippen molar-refractivity contribution in [3.63, 3.8) is 0 Å². The highest BCUT2D eigenvalue weighted by molar-refractivity contribution is 5.90. The van der Waals surface area contributed by atoms with E-state index in [1.807, 2.05) is 27.7 Å². The Morgan fingerprint density at radius 2 is 1.48 bits per heavy atom. The molecule has 4 saturated carbocycles. The number of amides is 1. The van der Waals surface area contributed by atoms with E-state index in [1.165, 1.54) is 25.7 Å². The molecule has 4 fully saturated rings. The van der Waals surface area contributed by atoms with E-state index in [1.54, 1.807) is 27.7 Å². The number of carbonyl (C=O) groups excluding carboxylic acids is 4. The van der Waals surface area contributed by atoms with E-state index in [9.17, 15) is 19.2 Å². The van der Waals surface area contributed by atoms with Gasteiger partial charge >= 0.3 is 12.1 Å². The summed E-state index contributed by atoms with van der Waals surface area (Å²) in [7, 11) is 0. The minimum Gasteiger partial charge on any atom is -0.462 e. The second-order valence-corrected chi connectivity index (χ2v) is 17.2. The van der Waals surface area contributed by atoms with Crippen LogP contribution in [0, 0.1) is 58.2 Å². The summed E-state index contributed by atoms with van der Waals surface area (Å²) in [6.07, 6.45) is 9.16. The quantitative estimate of drug-likeness (QED) is 0.265. The third-order valence-electron chi connectivity index (χ3n) is 12.6. The van der Waals surface area contributed by atoms with E-state index in [4.69, 9.17) is 9.47 Å². The van der Waals surface area contributed by atoms with E-state index >= 15 is 0 Å². The molecule has 0 heterocycles. The molecule has 0 aromatic heterocycles. The number of ether oxygens (including phenoxy) is 2. The zero-order valence-corrected chi connectivity index (χ0v) is 29.3. The average Bonchev–Trinajstić information content (AvgIpc) is 3.26. The predicted molar refractivity (Wildman–Crippen MR) is 172 cm³/mol. The Kier molecular flexibility index (Phi) is 10.4. The van der Waals surface area contributed by atoms with Gasteiger partial charge in [0.05, 0.1) is 12.0 Å². The number of alkyl carbamates (subject to hydrolysis) is 1. The van der Waals surface area contributed by atoms with Gasteiger partial charge in [0.15, 0.2) is 5.78 Å². The summed E-state index contributed by atoms with van der Waals surface area (Å²) in [5, 5.41) is 2.74. The lowest BCUT2D eigenvalue weighted by molar-refractivity contribution is -0.169. The standard InChI is InChI=1S/C37H61NO6/c1-21(2)27(20-31(40)32(22(3)4)38-34(42)44-35(6,7)8)33(41)43-25-15-17-36(9)24(19-25)11-12-26-29-14-13-28(23(5)39)37(29,10)18-16-30(26)36/h21-22,24-30,32H,11-20H2,1-10H3,(H,38,42)/t24?,25?,26-,27?,28+,29?,30?,32?,36-,37+/m0/s1. The van der Waals surface area contributed by atoms with Crippen molar-refractivity contribution in [2.45, 2.75) is 151 Å². The Balaban J connectivity index is 1.37. The largest absolute Gasteiger partial charge is 0.462 e. The summed E-state index contributed by atoms with van der Waals surface area (Å²) >= 11 is 0. The first-order valence-corrected chi connectivity index (χ1v) is 17.6. The minimum absolute atomic E-state index is 0.0359. The van der Waals surface area contributed by atoms with Crippen molar-refractivity contribution < 1.29 is 28.7 Å². The van der Waals surface area contributed by atoms with Crippen LogP contribution >= 0.6 is 0 Å². The number of rotatable bonds is 9. The average molecular weight is 616 g/mol. The summed E-state index contributed by atoms with van der Waals surface area (Å²) in [5.41, 5.74) is -0.239. The molecule has 7 nitrogen and oxygen atoms in total. The van der Waals surface area contributed by atoms with Crippen LogP contribution in [0.2, 0.25) is 0 Å². The van der Waals surface area contributed by atoms with Crippen LogP contribution in [0.5, 0.6) is 0 Å². The monoisotopic (exact) mass is 615 g/mol. The van der Waals surface area contributed by atoms with Crippen molar-refractivity contribution in [3.05, 3.63) is 0 Å². The first-order valence-electron chi connectivity index (χ1n) is 17.6. The molecule has 4 rings (SSSR count). The molecule has 4 aliphatic carbocycles. The molecule has 10 atom stereocenters. The van der Waals surface area contributed by atoms with Crippen molar-refractivity contribution in [1.82, 2.24) is 5.32 Å². The fraction of sp³-hybridized carbons (Fsp3) is 0.892. The molecule has 0 radical (unpaired) electrons. The number of hydrogen-bond donors (Lipinski definition) is 1. The van der Waals surface area contributed by atoms with E-state index < -0.39 is 23.7 Å². The molecule has 0 spiro atoms. The summed E-state index contributed by atoms with van der Waals surface area (Å²) in [4.78, 5) is 52.0.